The Morgan fingerprint density at radius 2 is 1.86 bits per heavy atom. The molecule has 78 valence electrons. The van der Waals surface area contributed by atoms with Crippen molar-refractivity contribution in [1.82, 2.24) is 0 Å². The lowest BCUT2D eigenvalue weighted by atomic mass is 10.1. The van der Waals surface area contributed by atoms with Crippen molar-refractivity contribution >= 4 is 18.1 Å². The maximum absolute atomic E-state index is 5.58. The van der Waals surface area contributed by atoms with E-state index in [4.69, 9.17) is 15.2 Å². The van der Waals surface area contributed by atoms with Crippen LogP contribution in [-0.4, -0.2) is 19.8 Å². The number of nitrogen functional groups attached to an aromatic ring is 1. The number of anilines is 1. The van der Waals surface area contributed by atoms with Crippen molar-refractivity contribution in [2.45, 2.75) is 6.10 Å². The second-order valence-electron chi connectivity index (χ2n) is 3.10. The van der Waals surface area contributed by atoms with Crippen LogP contribution >= 0.6 is 12.4 Å². The Hall–Kier alpha value is -0.770. The van der Waals surface area contributed by atoms with Gasteiger partial charge in [0.1, 0.15) is 6.10 Å². The molecule has 0 aliphatic carbocycles. The first-order chi connectivity index (χ1) is 6.36. The van der Waals surface area contributed by atoms with Gasteiger partial charge in [0, 0.05) is 5.69 Å². The van der Waals surface area contributed by atoms with Crippen LogP contribution in [0.1, 0.15) is 11.7 Å². The predicted octanol–water partition coefficient (Wildman–Crippen LogP) is 1.78. The lowest BCUT2D eigenvalue weighted by molar-refractivity contribution is -0.0901. The Bertz CT molecular complexity index is 270. The van der Waals surface area contributed by atoms with Gasteiger partial charge in [0.15, 0.2) is 0 Å². The number of hydrogen-bond acceptors (Lipinski definition) is 3. The summed E-state index contributed by atoms with van der Waals surface area (Å²) in [7, 11) is 0. The fourth-order valence-corrected chi connectivity index (χ4v) is 1.39. The van der Waals surface area contributed by atoms with Crippen molar-refractivity contribution in [3.05, 3.63) is 29.8 Å². The summed E-state index contributed by atoms with van der Waals surface area (Å²) < 4.78 is 10.8. The molecule has 1 atom stereocenters. The average Bonchev–Trinajstić information content (AvgIpc) is 2.20. The molecule has 1 aromatic carbocycles. The van der Waals surface area contributed by atoms with Crippen molar-refractivity contribution in [2.75, 3.05) is 25.6 Å². The number of halogens is 1. The highest BCUT2D eigenvalue weighted by atomic mass is 35.5. The molecular weight excluding hydrogens is 202 g/mol. The van der Waals surface area contributed by atoms with Crippen LogP contribution < -0.4 is 5.73 Å². The van der Waals surface area contributed by atoms with Gasteiger partial charge >= 0.3 is 0 Å². The van der Waals surface area contributed by atoms with Crippen LogP contribution in [-0.2, 0) is 9.47 Å². The summed E-state index contributed by atoms with van der Waals surface area (Å²) in [6, 6.07) is 7.73. The van der Waals surface area contributed by atoms with Gasteiger partial charge in [-0.2, -0.15) is 0 Å². The molecule has 0 radical (unpaired) electrons. The van der Waals surface area contributed by atoms with Gasteiger partial charge in [-0.15, -0.1) is 12.4 Å². The fraction of sp³-hybridized carbons (Fsp3) is 0.400. The molecule has 1 aliphatic rings. The predicted molar refractivity (Wildman–Crippen MR) is 57.6 cm³/mol. The summed E-state index contributed by atoms with van der Waals surface area (Å²) in [5.41, 5.74) is 7.50. The number of hydrogen-bond donors (Lipinski definition) is 1. The van der Waals surface area contributed by atoms with E-state index in [-0.39, 0.29) is 18.5 Å². The van der Waals surface area contributed by atoms with E-state index in [2.05, 4.69) is 0 Å². The van der Waals surface area contributed by atoms with Gasteiger partial charge in [-0.05, 0) is 17.7 Å². The van der Waals surface area contributed by atoms with E-state index in [1.807, 2.05) is 24.3 Å². The normalized spacial score (nSPS) is 21.3. The zero-order valence-electron chi connectivity index (χ0n) is 7.81. The molecule has 1 fully saturated rings. The molecule has 0 aromatic heterocycles. The van der Waals surface area contributed by atoms with Crippen LogP contribution in [0.4, 0.5) is 5.69 Å². The number of benzene rings is 1. The van der Waals surface area contributed by atoms with Crippen LogP contribution in [0.25, 0.3) is 0 Å². The highest BCUT2D eigenvalue weighted by molar-refractivity contribution is 5.85. The van der Waals surface area contributed by atoms with E-state index in [1.54, 1.807) is 0 Å². The van der Waals surface area contributed by atoms with Crippen molar-refractivity contribution in [3.8, 4) is 0 Å². The minimum absolute atomic E-state index is 0. The van der Waals surface area contributed by atoms with E-state index in [0.29, 0.717) is 19.8 Å². The Morgan fingerprint density at radius 1 is 1.14 bits per heavy atom. The standard InChI is InChI=1S/C10H13NO2.ClH/c11-9-3-1-8(2-4-9)10-7-12-5-6-13-10;/h1-4,10H,5-7,11H2;1H. The Morgan fingerprint density at radius 3 is 2.43 bits per heavy atom. The van der Waals surface area contributed by atoms with Gasteiger partial charge in [-0.1, -0.05) is 12.1 Å². The molecule has 2 N–H and O–H groups in total. The zero-order valence-corrected chi connectivity index (χ0v) is 8.63. The Balaban J connectivity index is 0.000000980. The maximum atomic E-state index is 5.58. The Labute approximate surface area is 89.6 Å². The van der Waals surface area contributed by atoms with Gasteiger partial charge < -0.3 is 15.2 Å². The summed E-state index contributed by atoms with van der Waals surface area (Å²) in [5.74, 6) is 0. The zero-order chi connectivity index (χ0) is 9.10. The Kier molecular flexibility index (Phi) is 4.20. The van der Waals surface area contributed by atoms with E-state index in [1.165, 1.54) is 0 Å². The first-order valence-corrected chi connectivity index (χ1v) is 4.41. The van der Waals surface area contributed by atoms with Crippen LogP contribution in [0.2, 0.25) is 0 Å². The summed E-state index contributed by atoms with van der Waals surface area (Å²) in [4.78, 5) is 0. The molecule has 1 saturated heterocycles. The second kappa shape index (κ2) is 5.20. The molecule has 2 rings (SSSR count). The molecule has 3 nitrogen and oxygen atoms in total. The van der Waals surface area contributed by atoms with Crippen LogP contribution in [0.3, 0.4) is 0 Å². The van der Waals surface area contributed by atoms with Gasteiger partial charge in [0.05, 0.1) is 19.8 Å². The third kappa shape index (κ3) is 2.61. The topological polar surface area (TPSA) is 44.5 Å². The molecule has 4 heteroatoms. The van der Waals surface area contributed by atoms with Gasteiger partial charge in [0.2, 0.25) is 0 Å². The third-order valence-electron chi connectivity index (χ3n) is 2.12. The largest absolute Gasteiger partial charge is 0.399 e. The quantitative estimate of drug-likeness (QED) is 0.727. The molecule has 0 spiro atoms. The molecule has 1 heterocycles. The maximum Gasteiger partial charge on any atom is 0.106 e. The van der Waals surface area contributed by atoms with Crippen molar-refractivity contribution in [2.24, 2.45) is 0 Å². The van der Waals surface area contributed by atoms with Crippen molar-refractivity contribution < 1.29 is 9.47 Å². The van der Waals surface area contributed by atoms with Crippen molar-refractivity contribution in [3.63, 3.8) is 0 Å². The van der Waals surface area contributed by atoms with Crippen LogP contribution in [0, 0.1) is 0 Å². The average molecular weight is 216 g/mol. The van der Waals surface area contributed by atoms with Gasteiger partial charge in [-0.25, -0.2) is 0 Å². The molecule has 14 heavy (non-hydrogen) atoms. The first-order valence-electron chi connectivity index (χ1n) is 4.41. The number of ether oxygens (including phenoxy) is 2. The molecule has 1 aromatic rings. The number of rotatable bonds is 1. The third-order valence-corrected chi connectivity index (χ3v) is 2.12. The molecule has 0 bridgehead atoms. The van der Waals surface area contributed by atoms with E-state index in [9.17, 15) is 0 Å². The molecular formula is C10H14ClNO2. The molecule has 0 amide bonds. The van der Waals surface area contributed by atoms with Crippen molar-refractivity contribution in [1.29, 1.82) is 0 Å². The summed E-state index contributed by atoms with van der Waals surface area (Å²) >= 11 is 0. The van der Waals surface area contributed by atoms with Crippen LogP contribution in [0.5, 0.6) is 0 Å². The fourth-order valence-electron chi connectivity index (χ4n) is 1.39. The van der Waals surface area contributed by atoms with Gasteiger partial charge in [-0.3, -0.25) is 0 Å². The minimum Gasteiger partial charge on any atom is -0.399 e. The smallest absolute Gasteiger partial charge is 0.106 e. The van der Waals surface area contributed by atoms with Gasteiger partial charge in [0.25, 0.3) is 0 Å². The van der Waals surface area contributed by atoms with Crippen LogP contribution in [0.15, 0.2) is 24.3 Å². The minimum atomic E-state index is 0. The highest BCUT2D eigenvalue weighted by Crippen LogP contribution is 2.21. The van der Waals surface area contributed by atoms with E-state index < -0.39 is 0 Å². The summed E-state index contributed by atoms with van der Waals surface area (Å²) in [6.45, 7) is 2.02. The molecule has 1 unspecified atom stereocenters. The molecule has 0 saturated carbocycles. The summed E-state index contributed by atoms with van der Waals surface area (Å²) in [6.07, 6.45) is 0.0781. The summed E-state index contributed by atoms with van der Waals surface area (Å²) in [5, 5.41) is 0. The first kappa shape index (κ1) is 11.3. The monoisotopic (exact) mass is 215 g/mol. The number of nitrogens with two attached hydrogens (primary N) is 1. The highest BCUT2D eigenvalue weighted by Gasteiger charge is 2.15. The second-order valence-corrected chi connectivity index (χ2v) is 3.10. The van der Waals surface area contributed by atoms with E-state index >= 15 is 0 Å². The lowest BCUT2D eigenvalue weighted by Gasteiger charge is -2.23. The lowest BCUT2D eigenvalue weighted by Crippen LogP contribution is -2.21. The van der Waals surface area contributed by atoms with E-state index in [0.717, 1.165) is 11.3 Å². The molecule has 1 aliphatic heterocycles. The SMILES string of the molecule is Cl.Nc1ccc(C2COCCO2)cc1.